The Kier molecular flexibility index (Phi) is 8.34. The van der Waals surface area contributed by atoms with Crippen molar-refractivity contribution in [2.45, 2.75) is 13.2 Å². The molecule has 0 bridgehead atoms. The van der Waals surface area contributed by atoms with E-state index in [2.05, 4.69) is 72.8 Å². The van der Waals surface area contributed by atoms with Crippen LogP contribution in [-0.2, 0) is 13.2 Å². The van der Waals surface area contributed by atoms with Gasteiger partial charge in [0.2, 0.25) is 0 Å². The fourth-order valence-electron chi connectivity index (χ4n) is 6.81. The van der Waals surface area contributed by atoms with Crippen molar-refractivity contribution in [1.29, 1.82) is 0 Å². The van der Waals surface area contributed by atoms with Gasteiger partial charge in [-0.05, 0) is 68.1 Å². The zero-order valence-corrected chi connectivity index (χ0v) is 27.3. The Balaban J connectivity index is 1.24. The van der Waals surface area contributed by atoms with Crippen LogP contribution in [0.2, 0.25) is 0 Å². The Morgan fingerprint density at radius 1 is 0.340 bits per heavy atom. The molecule has 8 aromatic rings. The van der Waals surface area contributed by atoms with Crippen molar-refractivity contribution in [2.24, 2.45) is 0 Å². The average molecular weight is 651 g/mol. The van der Waals surface area contributed by atoms with E-state index in [0.29, 0.717) is 24.7 Å². The van der Waals surface area contributed by atoms with Gasteiger partial charge < -0.3 is 19.7 Å². The van der Waals surface area contributed by atoms with Crippen LogP contribution in [0, 0.1) is 0 Å². The summed E-state index contributed by atoms with van der Waals surface area (Å²) < 4.78 is 13.3. The van der Waals surface area contributed by atoms with E-state index in [9.17, 15) is 10.2 Å². The molecule has 4 nitrogen and oxygen atoms in total. The summed E-state index contributed by atoms with van der Waals surface area (Å²) in [6.07, 6.45) is 0. The van der Waals surface area contributed by atoms with Gasteiger partial charge in [-0.25, -0.2) is 0 Å². The van der Waals surface area contributed by atoms with Crippen LogP contribution in [0.1, 0.15) is 11.1 Å². The summed E-state index contributed by atoms with van der Waals surface area (Å²) in [6.45, 7) is 0.620. The lowest BCUT2D eigenvalue weighted by Gasteiger charge is -2.21. The molecule has 0 amide bonds. The van der Waals surface area contributed by atoms with Crippen LogP contribution in [0.5, 0.6) is 23.0 Å². The van der Waals surface area contributed by atoms with Crippen molar-refractivity contribution < 1.29 is 19.7 Å². The predicted molar refractivity (Wildman–Crippen MR) is 203 cm³/mol. The van der Waals surface area contributed by atoms with Crippen molar-refractivity contribution in [3.63, 3.8) is 0 Å². The van der Waals surface area contributed by atoms with E-state index in [1.807, 2.05) is 84.9 Å². The smallest absolute Gasteiger partial charge is 0.127 e. The molecule has 4 heteroatoms. The standard InChI is InChI=1S/C46H34O4/c47-41-21-9-5-17-37(41)39-19-7-11-23-43(39)49-29-33-27-25-31-13-1-3-15-35(31)45(33)46-34(28-26-32-14-2-4-16-36(32)46)30-50-44-24-12-8-20-40(44)38-18-6-10-22-42(38)48/h1-28,47-48H,29-30H2. The summed E-state index contributed by atoms with van der Waals surface area (Å²) in [5.74, 6) is 1.80. The molecule has 0 aromatic heterocycles. The second-order valence-electron chi connectivity index (χ2n) is 12.2. The molecule has 0 heterocycles. The molecule has 0 atom stereocenters. The molecular formula is C46H34O4. The predicted octanol–water partition coefficient (Wildman–Crippen LogP) is 11.6. The topological polar surface area (TPSA) is 58.9 Å². The second kappa shape index (κ2) is 13.5. The molecule has 242 valence electrons. The lowest BCUT2D eigenvalue weighted by Crippen LogP contribution is -2.04. The number of phenols is 2. The van der Waals surface area contributed by atoms with E-state index in [1.165, 1.54) is 0 Å². The summed E-state index contributed by atoms with van der Waals surface area (Å²) >= 11 is 0. The quantitative estimate of drug-likeness (QED) is 0.163. The van der Waals surface area contributed by atoms with E-state index >= 15 is 0 Å². The molecule has 0 radical (unpaired) electrons. The van der Waals surface area contributed by atoms with Crippen LogP contribution >= 0.6 is 0 Å². The number of rotatable bonds is 9. The molecule has 8 rings (SSSR count). The summed E-state index contributed by atoms with van der Waals surface area (Å²) in [5, 5.41) is 25.8. The highest BCUT2D eigenvalue weighted by Gasteiger charge is 2.19. The number of aromatic hydroxyl groups is 2. The maximum Gasteiger partial charge on any atom is 0.127 e. The third kappa shape index (κ3) is 5.88. The number of hydrogen-bond donors (Lipinski definition) is 2. The number of para-hydroxylation sites is 4. The van der Waals surface area contributed by atoms with E-state index in [1.54, 1.807) is 12.1 Å². The molecule has 0 spiro atoms. The minimum absolute atomic E-state index is 0.208. The third-order valence-electron chi connectivity index (χ3n) is 9.21. The molecule has 0 saturated heterocycles. The van der Waals surface area contributed by atoms with Crippen molar-refractivity contribution in [2.75, 3.05) is 0 Å². The maximum absolute atomic E-state index is 10.7. The van der Waals surface area contributed by atoms with Gasteiger partial charge in [0.1, 0.15) is 36.2 Å². The zero-order valence-electron chi connectivity index (χ0n) is 27.3. The Labute approximate surface area is 291 Å². The first-order valence-electron chi connectivity index (χ1n) is 16.7. The Hall–Kier alpha value is -6.52. The Bertz CT molecular complexity index is 2310. The molecule has 0 aliphatic carbocycles. The average Bonchev–Trinajstić information content (AvgIpc) is 3.16. The van der Waals surface area contributed by atoms with E-state index < -0.39 is 0 Å². The first-order chi connectivity index (χ1) is 24.7. The first-order valence-corrected chi connectivity index (χ1v) is 16.7. The van der Waals surface area contributed by atoms with Crippen molar-refractivity contribution in [3.8, 4) is 56.4 Å². The van der Waals surface area contributed by atoms with Crippen LogP contribution < -0.4 is 9.47 Å². The van der Waals surface area contributed by atoms with Crippen molar-refractivity contribution >= 4 is 21.5 Å². The van der Waals surface area contributed by atoms with Crippen LogP contribution in [0.3, 0.4) is 0 Å². The van der Waals surface area contributed by atoms with E-state index in [4.69, 9.17) is 9.47 Å². The van der Waals surface area contributed by atoms with Crippen LogP contribution in [0.25, 0.3) is 54.9 Å². The van der Waals surface area contributed by atoms with Gasteiger partial charge in [0, 0.05) is 22.3 Å². The highest BCUT2D eigenvalue weighted by molar-refractivity contribution is 6.07. The summed E-state index contributed by atoms with van der Waals surface area (Å²) in [7, 11) is 0. The van der Waals surface area contributed by atoms with Crippen molar-refractivity contribution in [3.05, 3.63) is 181 Å². The normalized spacial score (nSPS) is 11.1. The molecule has 0 saturated carbocycles. The van der Waals surface area contributed by atoms with E-state index in [-0.39, 0.29) is 11.5 Å². The largest absolute Gasteiger partial charge is 0.507 e. The lowest BCUT2D eigenvalue weighted by molar-refractivity contribution is 0.306. The van der Waals surface area contributed by atoms with Gasteiger partial charge in [0.15, 0.2) is 0 Å². The van der Waals surface area contributed by atoms with Gasteiger partial charge in [0.25, 0.3) is 0 Å². The van der Waals surface area contributed by atoms with Crippen molar-refractivity contribution in [1.82, 2.24) is 0 Å². The fraction of sp³-hybridized carbons (Fsp3) is 0.0435. The SMILES string of the molecule is Oc1ccccc1-c1ccccc1OCc1ccc2ccccc2c1-c1c(COc2ccccc2-c2ccccc2O)ccc2ccccc12. The van der Waals surface area contributed by atoms with Crippen LogP contribution in [0.15, 0.2) is 170 Å². The highest BCUT2D eigenvalue weighted by atomic mass is 16.5. The molecule has 0 unspecified atom stereocenters. The Morgan fingerprint density at radius 2 is 0.700 bits per heavy atom. The molecule has 0 fully saturated rings. The van der Waals surface area contributed by atoms with Gasteiger partial charge in [-0.15, -0.1) is 0 Å². The number of benzene rings is 8. The number of ether oxygens (including phenoxy) is 2. The lowest BCUT2D eigenvalue weighted by atomic mass is 9.87. The first kappa shape index (κ1) is 30.8. The third-order valence-corrected chi connectivity index (χ3v) is 9.21. The second-order valence-corrected chi connectivity index (χ2v) is 12.2. The fourth-order valence-corrected chi connectivity index (χ4v) is 6.81. The van der Waals surface area contributed by atoms with Gasteiger partial charge >= 0.3 is 0 Å². The highest BCUT2D eigenvalue weighted by Crippen LogP contribution is 2.42. The molecule has 0 aliphatic heterocycles. The van der Waals surface area contributed by atoms with Gasteiger partial charge in [-0.2, -0.15) is 0 Å². The summed E-state index contributed by atoms with van der Waals surface area (Å²) in [6, 6.07) is 55.8. The number of phenolic OH excluding ortho intramolecular Hbond substituents is 2. The molecular weight excluding hydrogens is 617 g/mol. The maximum atomic E-state index is 10.7. The minimum atomic E-state index is 0.208. The molecule has 50 heavy (non-hydrogen) atoms. The van der Waals surface area contributed by atoms with Crippen LogP contribution in [0.4, 0.5) is 0 Å². The summed E-state index contributed by atoms with van der Waals surface area (Å²) in [5.41, 5.74) is 7.34. The van der Waals surface area contributed by atoms with E-state index in [0.717, 1.165) is 66.1 Å². The zero-order chi connectivity index (χ0) is 33.9. The van der Waals surface area contributed by atoms with Gasteiger partial charge in [0.05, 0.1) is 0 Å². The minimum Gasteiger partial charge on any atom is -0.507 e. The monoisotopic (exact) mass is 650 g/mol. The Morgan fingerprint density at radius 3 is 1.14 bits per heavy atom. The van der Waals surface area contributed by atoms with Gasteiger partial charge in [-0.3, -0.25) is 0 Å². The van der Waals surface area contributed by atoms with Gasteiger partial charge in [-0.1, -0.05) is 146 Å². The number of fused-ring (bicyclic) bond motifs is 2. The number of hydrogen-bond acceptors (Lipinski definition) is 4. The molecule has 2 N–H and O–H groups in total. The van der Waals surface area contributed by atoms with Crippen LogP contribution in [-0.4, -0.2) is 10.2 Å². The summed E-state index contributed by atoms with van der Waals surface area (Å²) in [4.78, 5) is 0. The molecule has 0 aliphatic rings. The molecule has 8 aromatic carbocycles.